The number of carbonyl (C=O) groups excluding carboxylic acids is 1. The zero-order valence-electron chi connectivity index (χ0n) is 13.9. The van der Waals surface area contributed by atoms with E-state index in [0.717, 1.165) is 26.6 Å². The first kappa shape index (κ1) is 17.8. The van der Waals surface area contributed by atoms with Crippen molar-refractivity contribution >= 4 is 44.5 Å². The normalized spacial score (nSPS) is 16.9. The van der Waals surface area contributed by atoms with Crippen LogP contribution in [0.15, 0.2) is 75.3 Å². The molecule has 1 amide bonds. The maximum atomic E-state index is 12.9. The Morgan fingerprint density at radius 2 is 1.84 bits per heavy atom. The predicted octanol–water partition coefficient (Wildman–Crippen LogP) is 4.73. The van der Waals surface area contributed by atoms with Crippen LogP contribution in [0.2, 0.25) is 0 Å². The van der Waals surface area contributed by atoms with Gasteiger partial charge in [0.05, 0.1) is 5.57 Å². The lowest BCUT2D eigenvalue weighted by Gasteiger charge is -2.26. The molecule has 3 rings (SSSR count). The summed E-state index contributed by atoms with van der Waals surface area (Å²) in [6.07, 6.45) is 1.97. The van der Waals surface area contributed by atoms with Crippen molar-refractivity contribution in [3.05, 3.63) is 75.9 Å². The molecule has 1 aliphatic heterocycles. The molecule has 2 N–H and O–H groups in total. The first-order valence-corrected chi connectivity index (χ1v) is 9.81. The van der Waals surface area contributed by atoms with Gasteiger partial charge in [0.2, 0.25) is 0 Å². The highest BCUT2D eigenvalue weighted by atomic mass is 79.9. The molecule has 0 bridgehead atoms. The number of para-hydroxylation sites is 1. The zero-order chi connectivity index (χ0) is 17.8. The minimum atomic E-state index is -0.333. The van der Waals surface area contributed by atoms with Gasteiger partial charge in [-0.2, -0.15) is 0 Å². The number of hydrogen-bond donors (Lipinski definition) is 2. The van der Waals surface area contributed by atoms with Crippen LogP contribution in [0.5, 0.6) is 0 Å². The molecule has 25 heavy (non-hydrogen) atoms. The lowest BCUT2D eigenvalue weighted by Crippen LogP contribution is -2.31. The Bertz CT molecular complexity index is 832. The number of allylic oxidation sites excluding steroid dienone is 1. The Labute approximate surface area is 159 Å². The van der Waals surface area contributed by atoms with Gasteiger partial charge in [0.1, 0.15) is 6.04 Å². The summed E-state index contributed by atoms with van der Waals surface area (Å²) in [5.41, 5.74) is 3.19. The van der Waals surface area contributed by atoms with Crippen molar-refractivity contribution in [2.75, 3.05) is 11.6 Å². The van der Waals surface area contributed by atoms with Gasteiger partial charge in [-0.1, -0.05) is 58.0 Å². The Kier molecular flexibility index (Phi) is 5.60. The van der Waals surface area contributed by atoms with Gasteiger partial charge in [0.25, 0.3) is 5.91 Å². The molecule has 0 saturated heterocycles. The molecule has 0 saturated carbocycles. The van der Waals surface area contributed by atoms with E-state index < -0.39 is 0 Å². The van der Waals surface area contributed by atoms with E-state index in [1.54, 1.807) is 0 Å². The van der Waals surface area contributed by atoms with Crippen LogP contribution in [0.1, 0.15) is 18.5 Å². The summed E-state index contributed by atoms with van der Waals surface area (Å²) in [6, 6.07) is 17.0. The van der Waals surface area contributed by atoms with E-state index in [0.29, 0.717) is 5.57 Å². The van der Waals surface area contributed by atoms with Crippen molar-refractivity contribution < 1.29 is 4.79 Å². The van der Waals surface area contributed by atoms with E-state index in [4.69, 9.17) is 4.99 Å². The standard InChI is InChI=1S/C19H18BrN3OS/c1-12-16(18(24)22-15-6-4-3-5-7-15)17(23-19(21-12)25-2)13-8-10-14(20)11-9-13/h3-11,17H,1-2H3,(H,21,23)(H,22,24). The van der Waals surface area contributed by atoms with Crippen molar-refractivity contribution in [1.29, 1.82) is 0 Å². The van der Waals surface area contributed by atoms with Crippen molar-refractivity contribution in [1.82, 2.24) is 5.32 Å². The number of anilines is 1. The van der Waals surface area contributed by atoms with Crippen LogP contribution in [-0.2, 0) is 4.79 Å². The second-order valence-corrected chi connectivity index (χ2v) is 7.29. The molecule has 2 aromatic rings. The average Bonchev–Trinajstić information content (AvgIpc) is 2.62. The fourth-order valence-electron chi connectivity index (χ4n) is 2.65. The third-order valence-electron chi connectivity index (χ3n) is 3.87. The minimum absolute atomic E-state index is 0.145. The predicted molar refractivity (Wildman–Crippen MR) is 109 cm³/mol. The van der Waals surface area contributed by atoms with Crippen LogP contribution in [0.4, 0.5) is 5.69 Å². The van der Waals surface area contributed by atoms with E-state index in [1.165, 1.54) is 11.8 Å². The topological polar surface area (TPSA) is 53.5 Å². The number of aliphatic imine (C=N–C) groups is 1. The molecule has 6 heteroatoms. The molecule has 1 heterocycles. The quantitative estimate of drug-likeness (QED) is 0.761. The maximum Gasteiger partial charge on any atom is 0.255 e. The van der Waals surface area contributed by atoms with Gasteiger partial charge >= 0.3 is 0 Å². The summed E-state index contributed by atoms with van der Waals surface area (Å²) in [4.78, 5) is 17.7. The Balaban J connectivity index is 1.96. The van der Waals surface area contributed by atoms with Crippen LogP contribution in [-0.4, -0.2) is 17.3 Å². The number of nitrogens with zero attached hydrogens (tertiary/aromatic N) is 1. The Hall–Kier alpha value is -2.05. The Morgan fingerprint density at radius 3 is 2.48 bits per heavy atom. The van der Waals surface area contributed by atoms with Gasteiger partial charge in [-0.25, -0.2) is 4.99 Å². The lowest BCUT2D eigenvalue weighted by atomic mass is 9.96. The van der Waals surface area contributed by atoms with Crippen molar-refractivity contribution in [2.45, 2.75) is 13.0 Å². The molecule has 1 aliphatic rings. The van der Waals surface area contributed by atoms with Gasteiger partial charge in [-0.3, -0.25) is 4.79 Å². The van der Waals surface area contributed by atoms with Crippen LogP contribution in [0.25, 0.3) is 0 Å². The average molecular weight is 416 g/mol. The van der Waals surface area contributed by atoms with Crippen molar-refractivity contribution in [3.63, 3.8) is 0 Å². The number of halogens is 1. The second-order valence-electron chi connectivity index (χ2n) is 5.58. The summed E-state index contributed by atoms with van der Waals surface area (Å²) in [6.45, 7) is 1.91. The lowest BCUT2D eigenvalue weighted by molar-refractivity contribution is -0.113. The fourth-order valence-corrected chi connectivity index (χ4v) is 3.38. The highest BCUT2D eigenvalue weighted by Crippen LogP contribution is 2.33. The summed E-state index contributed by atoms with van der Waals surface area (Å²) >= 11 is 4.98. The Morgan fingerprint density at radius 1 is 1.16 bits per heavy atom. The molecular formula is C19H18BrN3OS. The molecular weight excluding hydrogens is 398 g/mol. The smallest absolute Gasteiger partial charge is 0.255 e. The number of amides is 1. The molecule has 4 nitrogen and oxygen atoms in total. The summed E-state index contributed by atoms with van der Waals surface area (Å²) in [5, 5.41) is 6.99. The number of amidine groups is 1. The van der Waals surface area contributed by atoms with Crippen LogP contribution in [0, 0.1) is 0 Å². The molecule has 0 spiro atoms. The monoisotopic (exact) mass is 415 g/mol. The molecule has 0 fully saturated rings. The van der Waals surface area contributed by atoms with Crippen molar-refractivity contribution in [3.8, 4) is 0 Å². The van der Waals surface area contributed by atoms with Gasteiger partial charge in [-0.05, 0) is 43.0 Å². The number of rotatable bonds is 3. The summed E-state index contributed by atoms with van der Waals surface area (Å²) in [5.74, 6) is -0.145. The third kappa shape index (κ3) is 4.14. The largest absolute Gasteiger partial charge is 0.338 e. The number of nitrogens with one attached hydrogen (secondary N) is 2. The SMILES string of the molecule is CSC1=NC(c2ccc(Br)cc2)C(C(=O)Nc2ccccc2)=C(C)N1. The molecule has 0 aliphatic carbocycles. The van der Waals surface area contributed by atoms with Crippen LogP contribution >= 0.6 is 27.7 Å². The highest BCUT2D eigenvalue weighted by Gasteiger charge is 2.29. The van der Waals surface area contributed by atoms with E-state index in [1.807, 2.05) is 67.8 Å². The molecule has 1 unspecified atom stereocenters. The third-order valence-corrected chi connectivity index (χ3v) is 5.00. The number of hydrogen-bond acceptors (Lipinski definition) is 4. The molecule has 1 atom stereocenters. The maximum absolute atomic E-state index is 12.9. The first-order valence-electron chi connectivity index (χ1n) is 7.80. The molecule has 2 aromatic carbocycles. The molecule has 0 aromatic heterocycles. The van der Waals surface area contributed by atoms with E-state index in [-0.39, 0.29) is 11.9 Å². The van der Waals surface area contributed by atoms with Gasteiger partial charge in [0.15, 0.2) is 5.17 Å². The van der Waals surface area contributed by atoms with Crippen LogP contribution < -0.4 is 10.6 Å². The van der Waals surface area contributed by atoms with E-state index >= 15 is 0 Å². The highest BCUT2D eigenvalue weighted by molar-refractivity contribution is 9.10. The van der Waals surface area contributed by atoms with Crippen molar-refractivity contribution in [2.24, 2.45) is 4.99 Å². The fraction of sp³-hybridized carbons (Fsp3) is 0.158. The number of carbonyl (C=O) groups is 1. The van der Waals surface area contributed by atoms with Gasteiger partial charge in [0, 0.05) is 15.9 Å². The molecule has 128 valence electrons. The number of thioether (sulfide) groups is 1. The molecule has 0 radical (unpaired) electrons. The van der Waals surface area contributed by atoms with E-state index in [2.05, 4.69) is 26.6 Å². The van der Waals surface area contributed by atoms with Gasteiger partial charge < -0.3 is 10.6 Å². The first-order chi connectivity index (χ1) is 12.1. The minimum Gasteiger partial charge on any atom is -0.338 e. The summed E-state index contributed by atoms with van der Waals surface area (Å²) in [7, 11) is 0. The second kappa shape index (κ2) is 7.89. The summed E-state index contributed by atoms with van der Waals surface area (Å²) < 4.78 is 0.996. The van der Waals surface area contributed by atoms with Crippen LogP contribution in [0.3, 0.4) is 0 Å². The van der Waals surface area contributed by atoms with E-state index in [9.17, 15) is 4.79 Å². The van der Waals surface area contributed by atoms with Gasteiger partial charge in [-0.15, -0.1) is 0 Å². The zero-order valence-corrected chi connectivity index (χ0v) is 16.3. The number of benzene rings is 2.